The van der Waals surface area contributed by atoms with Gasteiger partial charge in [-0.15, -0.1) is 11.3 Å². The minimum Gasteiger partial charge on any atom is -0.396 e. The van der Waals surface area contributed by atoms with Crippen LogP contribution in [-0.2, 0) is 12.6 Å². The van der Waals surface area contributed by atoms with E-state index in [1.54, 1.807) is 11.0 Å². The topological polar surface area (TPSA) is 40.5 Å². The molecule has 1 aromatic carbocycles. The van der Waals surface area contributed by atoms with Crippen LogP contribution in [0.4, 0.5) is 13.2 Å². The summed E-state index contributed by atoms with van der Waals surface area (Å²) in [5.74, 6) is -0.00638. The van der Waals surface area contributed by atoms with E-state index in [-0.39, 0.29) is 12.5 Å². The van der Waals surface area contributed by atoms with Crippen molar-refractivity contribution in [3.8, 4) is 0 Å². The normalized spacial score (nSPS) is 17.1. The van der Waals surface area contributed by atoms with Crippen LogP contribution in [0.15, 0.2) is 35.7 Å². The van der Waals surface area contributed by atoms with Crippen molar-refractivity contribution in [2.24, 2.45) is 5.41 Å². The Morgan fingerprint density at radius 1 is 1.26 bits per heavy atom. The highest BCUT2D eigenvalue weighted by atomic mass is 32.1. The van der Waals surface area contributed by atoms with Gasteiger partial charge in [0, 0.05) is 25.1 Å². The van der Waals surface area contributed by atoms with Crippen molar-refractivity contribution in [3.63, 3.8) is 0 Å². The lowest BCUT2D eigenvalue weighted by Crippen LogP contribution is -2.45. The molecule has 1 aliphatic heterocycles. The van der Waals surface area contributed by atoms with Crippen LogP contribution in [0.25, 0.3) is 0 Å². The average Bonchev–Trinajstić information content (AvgIpc) is 3.07. The molecule has 3 nitrogen and oxygen atoms in total. The Morgan fingerprint density at radius 3 is 2.52 bits per heavy atom. The first-order chi connectivity index (χ1) is 12.7. The van der Waals surface area contributed by atoms with E-state index in [1.807, 2.05) is 18.4 Å². The Hall–Kier alpha value is -1.86. The van der Waals surface area contributed by atoms with E-state index in [2.05, 4.69) is 0 Å². The number of alkyl halides is 3. The maximum atomic E-state index is 12.9. The minimum atomic E-state index is -4.38. The number of piperidine rings is 1. The number of rotatable bonds is 4. The molecule has 2 aromatic rings. The van der Waals surface area contributed by atoms with Gasteiger partial charge in [-0.25, -0.2) is 0 Å². The molecule has 1 aliphatic rings. The second-order valence-corrected chi connectivity index (χ2v) is 8.17. The van der Waals surface area contributed by atoms with Crippen molar-refractivity contribution >= 4 is 17.2 Å². The standard InChI is InChI=1S/C20H22F3NO2S/c1-14-5-10-27-17(14)18(26)24-8-6-19(13-25,7-9-24)12-15-3-2-4-16(11-15)20(21,22)23/h2-5,10-11,25H,6-9,12-13H2,1H3. The molecule has 0 atom stereocenters. The molecule has 2 heterocycles. The molecule has 7 heteroatoms. The maximum Gasteiger partial charge on any atom is 0.416 e. The van der Waals surface area contributed by atoms with Crippen molar-refractivity contribution in [3.05, 3.63) is 57.3 Å². The monoisotopic (exact) mass is 397 g/mol. The van der Waals surface area contributed by atoms with E-state index in [9.17, 15) is 23.1 Å². The van der Waals surface area contributed by atoms with Gasteiger partial charge >= 0.3 is 6.18 Å². The number of aliphatic hydroxyl groups excluding tert-OH is 1. The third kappa shape index (κ3) is 4.35. The van der Waals surface area contributed by atoms with E-state index in [0.717, 1.165) is 22.6 Å². The Labute approximate surface area is 160 Å². The van der Waals surface area contributed by atoms with Crippen LogP contribution in [0.2, 0.25) is 0 Å². The summed E-state index contributed by atoms with van der Waals surface area (Å²) < 4.78 is 38.8. The number of amides is 1. The number of halogens is 3. The molecule has 0 unspecified atom stereocenters. The third-order valence-electron chi connectivity index (χ3n) is 5.34. The highest BCUT2D eigenvalue weighted by molar-refractivity contribution is 7.12. The fraction of sp³-hybridized carbons (Fsp3) is 0.450. The summed E-state index contributed by atoms with van der Waals surface area (Å²) in [6.07, 6.45) is -2.88. The van der Waals surface area contributed by atoms with Gasteiger partial charge in [-0.2, -0.15) is 13.2 Å². The van der Waals surface area contributed by atoms with Crippen LogP contribution in [0.1, 0.15) is 39.2 Å². The van der Waals surface area contributed by atoms with Crippen molar-refractivity contribution in [2.75, 3.05) is 19.7 Å². The predicted molar refractivity (Wildman–Crippen MR) is 98.9 cm³/mol. The number of thiophene rings is 1. The van der Waals surface area contributed by atoms with E-state index in [4.69, 9.17) is 0 Å². The van der Waals surface area contributed by atoms with Crippen molar-refractivity contribution < 1.29 is 23.1 Å². The number of carbonyl (C=O) groups excluding carboxylic acids is 1. The van der Waals surface area contributed by atoms with Crippen LogP contribution >= 0.6 is 11.3 Å². The van der Waals surface area contributed by atoms with Gasteiger partial charge in [-0.05, 0) is 54.8 Å². The third-order valence-corrected chi connectivity index (χ3v) is 6.34. The van der Waals surface area contributed by atoms with Crippen LogP contribution in [0.3, 0.4) is 0 Å². The zero-order valence-electron chi connectivity index (χ0n) is 15.1. The molecule has 0 saturated carbocycles. The molecule has 3 rings (SSSR count). The lowest BCUT2D eigenvalue weighted by molar-refractivity contribution is -0.137. The number of carbonyl (C=O) groups is 1. The molecule has 0 bridgehead atoms. The van der Waals surface area contributed by atoms with Gasteiger partial charge in [0.1, 0.15) is 0 Å². The largest absolute Gasteiger partial charge is 0.416 e. The highest BCUT2D eigenvalue weighted by Gasteiger charge is 2.37. The summed E-state index contributed by atoms with van der Waals surface area (Å²) in [5.41, 5.74) is 0.348. The first kappa shape index (κ1) is 19.9. The minimum absolute atomic E-state index is 0.00638. The van der Waals surface area contributed by atoms with Crippen molar-refractivity contribution in [1.29, 1.82) is 0 Å². The number of aryl methyl sites for hydroxylation is 1. The highest BCUT2D eigenvalue weighted by Crippen LogP contribution is 2.37. The molecule has 1 aromatic heterocycles. The molecule has 27 heavy (non-hydrogen) atoms. The van der Waals surface area contributed by atoms with Crippen molar-refractivity contribution in [2.45, 2.75) is 32.4 Å². The van der Waals surface area contributed by atoms with Crippen LogP contribution in [0, 0.1) is 12.3 Å². The first-order valence-corrected chi connectivity index (χ1v) is 9.72. The summed E-state index contributed by atoms with van der Waals surface area (Å²) in [7, 11) is 0. The molecule has 0 aliphatic carbocycles. The Balaban J connectivity index is 1.70. The number of hydrogen-bond donors (Lipinski definition) is 1. The Morgan fingerprint density at radius 2 is 1.96 bits per heavy atom. The zero-order chi connectivity index (χ0) is 19.7. The van der Waals surface area contributed by atoms with Gasteiger partial charge in [-0.3, -0.25) is 4.79 Å². The zero-order valence-corrected chi connectivity index (χ0v) is 15.9. The number of aliphatic hydroxyl groups is 1. The Kier molecular flexibility index (Phi) is 5.63. The quantitative estimate of drug-likeness (QED) is 0.823. The molecule has 1 N–H and O–H groups in total. The number of hydrogen-bond acceptors (Lipinski definition) is 3. The predicted octanol–water partition coefficient (Wildman–Crippen LogP) is 4.53. The average molecular weight is 397 g/mol. The van der Waals surface area contributed by atoms with Gasteiger partial charge in [0.25, 0.3) is 5.91 Å². The van der Waals surface area contributed by atoms with Gasteiger partial charge in [0.2, 0.25) is 0 Å². The molecule has 1 amide bonds. The molecular weight excluding hydrogens is 375 g/mol. The first-order valence-electron chi connectivity index (χ1n) is 8.84. The summed E-state index contributed by atoms with van der Waals surface area (Å²) in [5, 5.41) is 11.8. The van der Waals surface area contributed by atoms with Crippen LogP contribution in [-0.4, -0.2) is 35.6 Å². The second kappa shape index (κ2) is 7.64. The smallest absolute Gasteiger partial charge is 0.396 e. The molecule has 146 valence electrons. The lowest BCUT2D eigenvalue weighted by atomic mass is 9.74. The molecule has 1 saturated heterocycles. The van der Waals surface area contributed by atoms with E-state index in [0.29, 0.717) is 37.9 Å². The number of benzene rings is 1. The van der Waals surface area contributed by atoms with E-state index in [1.165, 1.54) is 17.4 Å². The van der Waals surface area contributed by atoms with Gasteiger partial charge < -0.3 is 10.0 Å². The maximum absolute atomic E-state index is 12.9. The summed E-state index contributed by atoms with van der Waals surface area (Å²) in [4.78, 5) is 15.1. The Bertz CT molecular complexity index is 808. The molecule has 0 radical (unpaired) electrons. The fourth-order valence-corrected chi connectivity index (χ4v) is 4.49. The molecule has 1 fully saturated rings. The van der Waals surface area contributed by atoms with Crippen LogP contribution in [0.5, 0.6) is 0 Å². The van der Waals surface area contributed by atoms with Gasteiger partial charge in [-0.1, -0.05) is 18.2 Å². The summed E-state index contributed by atoms with van der Waals surface area (Å²) >= 11 is 1.42. The molecular formula is C20H22F3NO2S. The number of nitrogens with zero attached hydrogens (tertiary/aromatic N) is 1. The summed E-state index contributed by atoms with van der Waals surface area (Å²) in [6, 6.07) is 7.19. The van der Waals surface area contributed by atoms with E-state index < -0.39 is 17.2 Å². The molecule has 0 spiro atoms. The summed E-state index contributed by atoms with van der Waals surface area (Å²) in [6.45, 7) is 2.79. The fourth-order valence-electron chi connectivity index (χ4n) is 3.60. The number of likely N-dealkylation sites (tertiary alicyclic amines) is 1. The van der Waals surface area contributed by atoms with Crippen molar-refractivity contribution in [1.82, 2.24) is 4.90 Å². The van der Waals surface area contributed by atoms with Gasteiger partial charge in [0.15, 0.2) is 0 Å². The SMILES string of the molecule is Cc1ccsc1C(=O)N1CCC(CO)(Cc2cccc(C(F)(F)F)c2)CC1. The van der Waals surface area contributed by atoms with E-state index >= 15 is 0 Å². The second-order valence-electron chi connectivity index (χ2n) is 7.26. The van der Waals surface area contributed by atoms with Gasteiger partial charge in [0.05, 0.1) is 10.4 Å². The van der Waals surface area contributed by atoms with Crippen LogP contribution < -0.4 is 0 Å². The lowest BCUT2D eigenvalue weighted by Gasteiger charge is -2.41.